The van der Waals surface area contributed by atoms with Gasteiger partial charge in [-0.15, -0.1) is 0 Å². The van der Waals surface area contributed by atoms with E-state index in [1.54, 1.807) is 26.8 Å². The fourth-order valence-electron chi connectivity index (χ4n) is 1.54. The second-order valence-electron chi connectivity index (χ2n) is 4.17. The first kappa shape index (κ1) is 12.3. The minimum atomic E-state index is -0.943. The SMILES string of the molecule is COc1c(C)cc(C(C)(C)C#N)c(O)c1F. The summed E-state index contributed by atoms with van der Waals surface area (Å²) in [6.07, 6.45) is 0. The summed E-state index contributed by atoms with van der Waals surface area (Å²) in [6.45, 7) is 4.90. The van der Waals surface area contributed by atoms with E-state index in [9.17, 15) is 9.50 Å². The van der Waals surface area contributed by atoms with Gasteiger partial charge in [0.05, 0.1) is 18.6 Å². The maximum atomic E-state index is 13.7. The minimum Gasteiger partial charge on any atom is -0.504 e. The molecule has 0 amide bonds. The van der Waals surface area contributed by atoms with E-state index >= 15 is 0 Å². The molecule has 0 aliphatic heterocycles. The Morgan fingerprint density at radius 3 is 2.50 bits per heavy atom. The van der Waals surface area contributed by atoms with Crippen molar-refractivity contribution in [3.05, 3.63) is 23.0 Å². The van der Waals surface area contributed by atoms with Gasteiger partial charge in [0.2, 0.25) is 5.82 Å². The third kappa shape index (κ3) is 1.81. The Balaban J connectivity index is 3.53. The van der Waals surface area contributed by atoms with Crippen molar-refractivity contribution in [2.24, 2.45) is 0 Å². The van der Waals surface area contributed by atoms with Gasteiger partial charge in [-0.25, -0.2) is 0 Å². The highest BCUT2D eigenvalue weighted by atomic mass is 19.1. The molecule has 1 N–H and O–H groups in total. The Labute approximate surface area is 94.1 Å². The van der Waals surface area contributed by atoms with Gasteiger partial charge in [0.15, 0.2) is 11.5 Å². The predicted octanol–water partition coefficient (Wildman–Crippen LogP) is 2.65. The molecule has 0 aliphatic rings. The molecule has 0 bridgehead atoms. The molecule has 0 radical (unpaired) electrons. The molecular formula is C12H14FNO2. The largest absolute Gasteiger partial charge is 0.504 e. The van der Waals surface area contributed by atoms with Crippen LogP contribution in [0.4, 0.5) is 4.39 Å². The van der Waals surface area contributed by atoms with Crippen LogP contribution >= 0.6 is 0 Å². The van der Waals surface area contributed by atoms with Gasteiger partial charge in [-0.1, -0.05) is 0 Å². The van der Waals surface area contributed by atoms with Crippen LogP contribution in [-0.2, 0) is 5.41 Å². The molecule has 0 unspecified atom stereocenters. The van der Waals surface area contributed by atoms with E-state index in [1.165, 1.54) is 7.11 Å². The smallest absolute Gasteiger partial charge is 0.207 e. The molecule has 86 valence electrons. The van der Waals surface area contributed by atoms with Crippen LogP contribution in [0.5, 0.6) is 11.5 Å². The summed E-state index contributed by atoms with van der Waals surface area (Å²) in [4.78, 5) is 0. The first-order valence-corrected chi connectivity index (χ1v) is 4.83. The molecule has 0 atom stereocenters. The fraction of sp³-hybridized carbons (Fsp3) is 0.417. The van der Waals surface area contributed by atoms with Gasteiger partial charge < -0.3 is 9.84 Å². The van der Waals surface area contributed by atoms with Crippen molar-refractivity contribution in [3.63, 3.8) is 0 Å². The molecule has 3 nitrogen and oxygen atoms in total. The molecule has 0 saturated heterocycles. The predicted molar refractivity (Wildman–Crippen MR) is 58.0 cm³/mol. The molecule has 0 heterocycles. The van der Waals surface area contributed by atoms with Crippen LogP contribution in [0, 0.1) is 24.1 Å². The van der Waals surface area contributed by atoms with Crippen molar-refractivity contribution in [2.45, 2.75) is 26.2 Å². The summed E-state index contributed by atoms with van der Waals surface area (Å²) in [5, 5.41) is 18.7. The van der Waals surface area contributed by atoms with Crippen molar-refractivity contribution < 1.29 is 14.2 Å². The van der Waals surface area contributed by atoms with E-state index < -0.39 is 17.0 Å². The number of hydrogen-bond donors (Lipinski definition) is 1. The van der Waals surface area contributed by atoms with Crippen molar-refractivity contribution in [1.29, 1.82) is 5.26 Å². The van der Waals surface area contributed by atoms with Gasteiger partial charge in [0.25, 0.3) is 0 Å². The first-order valence-electron chi connectivity index (χ1n) is 4.83. The summed E-state index contributed by atoms with van der Waals surface area (Å²) >= 11 is 0. The molecule has 16 heavy (non-hydrogen) atoms. The average molecular weight is 223 g/mol. The Bertz CT molecular complexity index is 461. The molecule has 1 rings (SSSR count). The molecule has 0 saturated carbocycles. The molecule has 4 heteroatoms. The lowest BCUT2D eigenvalue weighted by Crippen LogP contribution is -2.15. The maximum absolute atomic E-state index is 13.7. The van der Waals surface area contributed by atoms with Gasteiger partial charge in [-0.05, 0) is 32.4 Å². The quantitative estimate of drug-likeness (QED) is 0.838. The lowest BCUT2D eigenvalue weighted by atomic mass is 9.84. The van der Waals surface area contributed by atoms with Crippen LogP contribution in [0.15, 0.2) is 6.07 Å². The number of ether oxygens (including phenoxy) is 1. The van der Waals surface area contributed by atoms with Crippen LogP contribution in [0.3, 0.4) is 0 Å². The van der Waals surface area contributed by atoms with Crippen LogP contribution in [0.1, 0.15) is 25.0 Å². The van der Waals surface area contributed by atoms with Crippen LogP contribution in [0.2, 0.25) is 0 Å². The third-order valence-electron chi connectivity index (χ3n) is 2.54. The van der Waals surface area contributed by atoms with Gasteiger partial charge in [0, 0.05) is 5.56 Å². The molecule has 0 aliphatic carbocycles. The summed E-state index contributed by atoms with van der Waals surface area (Å²) in [6, 6.07) is 3.59. The molecule has 0 spiro atoms. The molecule has 1 aromatic rings. The molecule has 0 aromatic heterocycles. The van der Waals surface area contributed by atoms with Gasteiger partial charge in [-0.3, -0.25) is 0 Å². The van der Waals surface area contributed by atoms with Gasteiger partial charge in [-0.2, -0.15) is 9.65 Å². The number of phenolic OH excluding ortho intramolecular Hbond substituents is 1. The second kappa shape index (κ2) is 4.01. The number of nitrogens with zero attached hydrogens (tertiary/aromatic N) is 1. The standard InChI is InChI=1S/C12H14FNO2/c1-7-5-8(12(2,3)6-14)10(15)9(13)11(7)16-4/h5,15H,1-4H3. The van der Waals surface area contributed by atoms with Gasteiger partial charge in [0.1, 0.15) is 0 Å². The van der Waals surface area contributed by atoms with E-state index in [0.29, 0.717) is 5.56 Å². The Hall–Kier alpha value is -1.76. The molecule has 1 aromatic carbocycles. The Morgan fingerprint density at radius 1 is 1.50 bits per heavy atom. The number of aromatic hydroxyl groups is 1. The molecular weight excluding hydrogens is 209 g/mol. The van der Waals surface area contributed by atoms with E-state index in [-0.39, 0.29) is 11.3 Å². The summed E-state index contributed by atoms with van der Waals surface area (Å²) in [5.74, 6) is -1.33. The monoisotopic (exact) mass is 223 g/mol. The van der Waals surface area contributed by atoms with Crippen molar-refractivity contribution in [2.75, 3.05) is 7.11 Å². The van der Waals surface area contributed by atoms with Crippen molar-refractivity contribution >= 4 is 0 Å². The highest BCUT2D eigenvalue weighted by molar-refractivity contribution is 5.51. The lowest BCUT2D eigenvalue weighted by Gasteiger charge is -2.20. The van der Waals surface area contributed by atoms with Crippen LogP contribution in [-0.4, -0.2) is 12.2 Å². The summed E-state index contributed by atoms with van der Waals surface area (Å²) in [7, 11) is 1.33. The maximum Gasteiger partial charge on any atom is 0.207 e. The van der Waals surface area contributed by atoms with E-state index in [1.807, 2.05) is 6.07 Å². The zero-order valence-electron chi connectivity index (χ0n) is 9.76. The number of phenols is 1. The lowest BCUT2D eigenvalue weighted by molar-refractivity contribution is 0.356. The highest BCUT2D eigenvalue weighted by Gasteiger charge is 2.28. The van der Waals surface area contributed by atoms with Crippen molar-refractivity contribution in [3.8, 4) is 17.6 Å². The normalized spacial score (nSPS) is 11.0. The number of rotatable bonds is 2. The Kier molecular flexibility index (Phi) is 3.09. The highest BCUT2D eigenvalue weighted by Crippen LogP contribution is 2.38. The Morgan fingerprint density at radius 2 is 2.06 bits per heavy atom. The number of nitriles is 1. The van der Waals surface area contributed by atoms with E-state index in [4.69, 9.17) is 10.00 Å². The van der Waals surface area contributed by atoms with E-state index in [2.05, 4.69) is 0 Å². The number of hydrogen-bond acceptors (Lipinski definition) is 3. The molecule has 0 fully saturated rings. The zero-order chi connectivity index (χ0) is 12.5. The first-order chi connectivity index (χ1) is 7.35. The number of aryl methyl sites for hydroxylation is 1. The average Bonchev–Trinajstić information content (AvgIpc) is 2.24. The minimum absolute atomic E-state index is 0.00925. The topological polar surface area (TPSA) is 53.2 Å². The number of benzene rings is 1. The number of halogens is 1. The third-order valence-corrected chi connectivity index (χ3v) is 2.54. The fourth-order valence-corrected chi connectivity index (χ4v) is 1.54. The van der Waals surface area contributed by atoms with Crippen LogP contribution < -0.4 is 4.74 Å². The second-order valence-corrected chi connectivity index (χ2v) is 4.17. The van der Waals surface area contributed by atoms with E-state index in [0.717, 1.165) is 0 Å². The zero-order valence-corrected chi connectivity index (χ0v) is 9.76. The van der Waals surface area contributed by atoms with Crippen LogP contribution in [0.25, 0.3) is 0 Å². The van der Waals surface area contributed by atoms with Gasteiger partial charge >= 0.3 is 0 Å². The summed E-state index contributed by atoms with van der Waals surface area (Å²) < 4.78 is 18.5. The van der Waals surface area contributed by atoms with Crippen molar-refractivity contribution in [1.82, 2.24) is 0 Å². The summed E-state index contributed by atoms with van der Waals surface area (Å²) in [5.41, 5.74) is -0.121. The number of methoxy groups -OCH3 is 1.